The zero-order chi connectivity index (χ0) is 20.8. The van der Waals surface area contributed by atoms with E-state index in [1.165, 1.54) is 13.5 Å². The van der Waals surface area contributed by atoms with Gasteiger partial charge in [0, 0.05) is 30.3 Å². The van der Waals surface area contributed by atoms with Crippen LogP contribution >= 0.6 is 11.6 Å². The van der Waals surface area contributed by atoms with Gasteiger partial charge in [0.2, 0.25) is 0 Å². The van der Waals surface area contributed by atoms with Gasteiger partial charge in [0.05, 0.1) is 18.2 Å². The second-order valence-electron chi connectivity index (χ2n) is 7.43. The van der Waals surface area contributed by atoms with Gasteiger partial charge >= 0.3 is 5.97 Å². The molecule has 2 aromatic carbocycles. The summed E-state index contributed by atoms with van der Waals surface area (Å²) >= 11 is 6.17. The number of ether oxygens (including phenoxy) is 1. The standard InChI is InChI=1S/C23H27ClN2O3/c1-16(17-6-8-18(9-7-17)23(28)29-2)15-25-22(27)20-14-19(24)10-11-21(20)26-12-4-3-5-13-26/h6-11,14,16H,3-5,12-13,15H2,1-2H3,(H,25,27). The topological polar surface area (TPSA) is 58.6 Å². The number of piperidine rings is 1. The number of halogens is 1. The molecule has 1 N–H and O–H groups in total. The van der Waals surface area contributed by atoms with Crippen LogP contribution in [-0.2, 0) is 4.74 Å². The maximum atomic E-state index is 12.9. The molecule has 1 aliphatic heterocycles. The van der Waals surface area contributed by atoms with Crippen LogP contribution in [-0.4, -0.2) is 38.6 Å². The molecule has 1 fully saturated rings. The Morgan fingerprint density at radius 2 is 1.79 bits per heavy atom. The number of anilines is 1. The number of carbonyl (C=O) groups is 2. The predicted octanol–water partition coefficient (Wildman–Crippen LogP) is 4.65. The molecule has 0 aliphatic carbocycles. The van der Waals surface area contributed by atoms with Crippen molar-refractivity contribution >= 4 is 29.2 Å². The SMILES string of the molecule is COC(=O)c1ccc(C(C)CNC(=O)c2cc(Cl)ccc2N2CCCCC2)cc1. The number of esters is 1. The van der Waals surface area contributed by atoms with Crippen LogP contribution in [0.5, 0.6) is 0 Å². The van der Waals surface area contributed by atoms with E-state index < -0.39 is 0 Å². The van der Waals surface area contributed by atoms with Crippen LogP contribution < -0.4 is 10.2 Å². The van der Waals surface area contributed by atoms with Gasteiger partial charge in [-0.1, -0.05) is 30.7 Å². The first-order valence-electron chi connectivity index (χ1n) is 10.0. The molecule has 1 aliphatic rings. The molecular formula is C23H27ClN2O3. The lowest BCUT2D eigenvalue weighted by Crippen LogP contribution is -2.33. The Morgan fingerprint density at radius 1 is 1.10 bits per heavy atom. The third-order valence-corrected chi connectivity index (χ3v) is 5.60. The van der Waals surface area contributed by atoms with Gasteiger partial charge in [-0.25, -0.2) is 4.79 Å². The average molecular weight is 415 g/mol. The number of hydrogen-bond donors (Lipinski definition) is 1. The van der Waals surface area contributed by atoms with Crippen molar-refractivity contribution in [2.24, 2.45) is 0 Å². The van der Waals surface area contributed by atoms with E-state index in [9.17, 15) is 9.59 Å². The van der Waals surface area contributed by atoms with Crippen LogP contribution in [0.25, 0.3) is 0 Å². The van der Waals surface area contributed by atoms with Gasteiger partial charge in [-0.05, 0) is 61.1 Å². The monoisotopic (exact) mass is 414 g/mol. The Morgan fingerprint density at radius 3 is 2.45 bits per heavy atom. The quantitative estimate of drug-likeness (QED) is 0.699. The van der Waals surface area contributed by atoms with Crippen molar-refractivity contribution in [1.82, 2.24) is 5.32 Å². The van der Waals surface area contributed by atoms with Crippen LogP contribution in [0.4, 0.5) is 5.69 Å². The third kappa shape index (κ3) is 5.30. The molecule has 1 heterocycles. The highest BCUT2D eigenvalue weighted by Gasteiger charge is 2.19. The van der Waals surface area contributed by atoms with E-state index in [0.717, 1.165) is 37.2 Å². The molecule has 1 atom stereocenters. The number of nitrogens with zero attached hydrogens (tertiary/aromatic N) is 1. The molecule has 5 nitrogen and oxygen atoms in total. The Labute approximate surface area is 177 Å². The summed E-state index contributed by atoms with van der Waals surface area (Å²) in [5.41, 5.74) is 3.12. The molecular weight excluding hydrogens is 388 g/mol. The predicted molar refractivity (Wildman–Crippen MR) is 116 cm³/mol. The first-order chi connectivity index (χ1) is 14.0. The highest BCUT2D eigenvalue weighted by atomic mass is 35.5. The lowest BCUT2D eigenvalue weighted by molar-refractivity contribution is 0.0600. The average Bonchev–Trinajstić information content (AvgIpc) is 2.77. The second-order valence-corrected chi connectivity index (χ2v) is 7.87. The molecule has 1 unspecified atom stereocenters. The summed E-state index contributed by atoms with van der Waals surface area (Å²) in [6.45, 7) is 4.45. The first kappa shape index (κ1) is 21.2. The van der Waals surface area contributed by atoms with Crippen molar-refractivity contribution in [3.63, 3.8) is 0 Å². The Hall–Kier alpha value is -2.53. The lowest BCUT2D eigenvalue weighted by atomic mass is 9.99. The normalized spacial score (nSPS) is 14.9. The minimum absolute atomic E-state index is 0.100. The number of hydrogen-bond acceptors (Lipinski definition) is 4. The molecule has 0 radical (unpaired) electrons. The third-order valence-electron chi connectivity index (χ3n) is 5.37. The molecule has 6 heteroatoms. The van der Waals surface area contributed by atoms with Crippen LogP contribution in [0.15, 0.2) is 42.5 Å². The fraction of sp³-hybridized carbons (Fsp3) is 0.391. The van der Waals surface area contributed by atoms with Crippen molar-refractivity contribution in [1.29, 1.82) is 0 Å². The van der Waals surface area contributed by atoms with Gasteiger partial charge in [-0.15, -0.1) is 0 Å². The molecule has 0 aromatic heterocycles. The first-order valence-corrected chi connectivity index (χ1v) is 10.4. The minimum atomic E-state index is -0.358. The molecule has 0 bridgehead atoms. The highest BCUT2D eigenvalue weighted by molar-refractivity contribution is 6.31. The van der Waals surface area contributed by atoms with Gasteiger partial charge in [0.15, 0.2) is 0 Å². The highest BCUT2D eigenvalue weighted by Crippen LogP contribution is 2.27. The molecule has 1 saturated heterocycles. The van der Waals surface area contributed by atoms with E-state index in [-0.39, 0.29) is 17.8 Å². The van der Waals surface area contributed by atoms with Gasteiger partial charge in [-0.2, -0.15) is 0 Å². The molecule has 154 valence electrons. The Balaban J connectivity index is 1.67. The lowest BCUT2D eigenvalue weighted by Gasteiger charge is -2.30. The summed E-state index contributed by atoms with van der Waals surface area (Å²) in [5.74, 6) is -0.377. The van der Waals surface area contributed by atoms with Gasteiger partial charge in [0.1, 0.15) is 0 Å². The molecule has 3 rings (SSSR count). The number of rotatable bonds is 6. The van der Waals surface area contributed by atoms with Gasteiger partial charge in [0.25, 0.3) is 5.91 Å². The van der Waals surface area contributed by atoms with Gasteiger partial charge in [-0.3, -0.25) is 4.79 Å². The van der Waals surface area contributed by atoms with Crippen molar-refractivity contribution < 1.29 is 14.3 Å². The van der Waals surface area contributed by atoms with E-state index in [1.807, 2.05) is 31.2 Å². The number of methoxy groups -OCH3 is 1. The van der Waals surface area contributed by atoms with E-state index >= 15 is 0 Å². The fourth-order valence-corrected chi connectivity index (χ4v) is 3.80. The van der Waals surface area contributed by atoms with Crippen LogP contribution in [0, 0.1) is 0 Å². The summed E-state index contributed by atoms with van der Waals surface area (Å²) in [7, 11) is 1.36. The molecule has 29 heavy (non-hydrogen) atoms. The van der Waals surface area contributed by atoms with Gasteiger partial charge < -0.3 is 15.0 Å². The van der Waals surface area contributed by atoms with E-state index in [1.54, 1.807) is 18.2 Å². The summed E-state index contributed by atoms with van der Waals surface area (Å²) in [6.07, 6.45) is 3.52. The number of benzene rings is 2. The second kappa shape index (κ2) is 9.79. The maximum absolute atomic E-state index is 12.9. The number of carbonyl (C=O) groups excluding carboxylic acids is 2. The van der Waals surface area contributed by atoms with Crippen molar-refractivity contribution in [2.75, 3.05) is 31.6 Å². The summed E-state index contributed by atoms with van der Waals surface area (Å²) in [6, 6.07) is 12.8. The Bertz CT molecular complexity index is 861. The maximum Gasteiger partial charge on any atom is 0.337 e. The molecule has 0 saturated carbocycles. The summed E-state index contributed by atoms with van der Waals surface area (Å²) in [4.78, 5) is 26.8. The van der Waals surface area contributed by atoms with Crippen molar-refractivity contribution in [3.8, 4) is 0 Å². The zero-order valence-electron chi connectivity index (χ0n) is 16.9. The molecule has 1 amide bonds. The summed E-state index contributed by atoms with van der Waals surface area (Å²) in [5, 5.41) is 3.59. The molecule has 0 spiro atoms. The fourth-order valence-electron chi connectivity index (χ4n) is 3.63. The number of amides is 1. The minimum Gasteiger partial charge on any atom is -0.465 e. The van der Waals surface area contributed by atoms with E-state index in [4.69, 9.17) is 16.3 Å². The van der Waals surface area contributed by atoms with Crippen LogP contribution in [0.2, 0.25) is 5.02 Å². The van der Waals surface area contributed by atoms with Crippen LogP contribution in [0.1, 0.15) is 58.4 Å². The largest absolute Gasteiger partial charge is 0.465 e. The zero-order valence-corrected chi connectivity index (χ0v) is 17.7. The van der Waals surface area contributed by atoms with Crippen molar-refractivity contribution in [3.05, 3.63) is 64.2 Å². The van der Waals surface area contributed by atoms with Crippen LogP contribution in [0.3, 0.4) is 0 Å². The van der Waals surface area contributed by atoms with E-state index in [2.05, 4.69) is 10.2 Å². The number of nitrogens with one attached hydrogen (secondary N) is 1. The Kier molecular flexibility index (Phi) is 7.15. The van der Waals surface area contributed by atoms with E-state index in [0.29, 0.717) is 22.7 Å². The molecule has 2 aromatic rings. The summed E-state index contributed by atoms with van der Waals surface area (Å²) < 4.78 is 4.72. The van der Waals surface area contributed by atoms with Crippen molar-refractivity contribution in [2.45, 2.75) is 32.1 Å². The smallest absolute Gasteiger partial charge is 0.337 e.